The molecule has 0 radical (unpaired) electrons. The monoisotopic (exact) mass is 410 g/mol. The largest absolute Gasteiger partial charge is 0.343 e. The molecule has 2 amide bonds. The molecule has 1 aromatic rings. The van der Waals surface area contributed by atoms with E-state index >= 15 is 0 Å². The molecule has 1 heterocycles. The normalized spacial score (nSPS) is 15.5. The number of likely N-dealkylation sites (tertiary alicyclic amines) is 1. The van der Waals surface area contributed by atoms with Gasteiger partial charge in [-0.15, -0.1) is 0 Å². The fourth-order valence-corrected chi connectivity index (χ4v) is 3.44. The van der Waals surface area contributed by atoms with Gasteiger partial charge in [0, 0.05) is 32.3 Å². The van der Waals surface area contributed by atoms with Crippen LogP contribution in [0.4, 0.5) is 5.69 Å². The van der Waals surface area contributed by atoms with Gasteiger partial charge in [0.1, 0.15) is 6.04 Å². The molecule has 1 saturated heterocycles. The molecular weight excluding hydrogens is 384 g/mol. The van der Waals surface area contributed by atoms with Crippen LogP contribution in [-0.4, -0.2) is 65.8 Å². The SMILES string of the molecule is CC(C)C(NC(=O)c1ccc([N+](=O)[O-])cc1Cl)C(=O)N(C)CCN1CCCC1. The van der Waals surface area contributed by atoms with Crippen molar-refractivity contribution in [1.82, 2.24) is 15.1 Å². The first kappa shape index (κ1) is 22.1. The quantitative estimate of drug-likeness (QED) is 0.524. The predicted octanol–water partition coefficient (Wildman–Crippen LogP) is 2.56. The minimum Gasteiger partial charge on any atom is -0.343 e. The Balaban J connectivity index is 2.03. The molecule has 154 valence electrons. The summed E-state index contributed by atoms with van der Waals surface area (Å²) in [6.07, 6.45) is 2.39. The zero-order valence-corrected chi connectivity index (χ0v) is 17.2. The maximum absolute atomic E-state index is 12.9. The maximum Gasteiger partial charge on any atom is 0.270 e. The molecular formula is C19H27ClN4O4. The standard InChI is InChI=1S/C19H27ClN4O4/c1-13(2)17(19(26)22(3)10-11-23-8-4-5-9-23)21-18(25)15-7-6-14(24(27)28)12-16(15)20/h6-7,12-13,17H,4-5,8-11H2,1-3H3,(H,21,25). The molecule has 1 atom stereocenters. The Bertz CT molecular complexity index is 735. The van der Waals surface area contributed by atoms with Crippen molar-refractivity contribution < 1.29 is 14.5 Å². The van der Waals surface area contributed by atoms with E-state index in [9.17, 15) is 19.7 Å². The van der Waals surface area contributed by atoms with E-state index < -0.39 is 16.9 Å². The average Bonchev–Trinajstić information content (AvgIpc) is 3.16. The summed E-state index contributed by atoms with van der Waals surface area (Å²) in [6, 6.07) is 2.94. The third-order valence-electron chi connectivity index (χ3n) is 4.95. The molecule has 1 unspecified atom stereocenters. The number of benzene rings is 1. The van der Waals surface area contributed by atoms with Gasteiger partial charge in [0.15, 0.2) is 0 Å². The summed E-state index contributed by atoms with van der Waals surface area (Å²) in [5.41, 5.74) is -0.0925. The van der Waals surface area contributed by atoms with E-state index in [-0.39, 0.29) is 28.1 Å². The number of amides is 2. The van der Waals surface area contributed by atoms with Crippen LogP contribution in [0, 0.1) is 16.0 Å². The number of non-ortho nitro benzene ring substituents is 1. The van der Waals surface area contributed by atoms with Crippen molar-refractivity contribution >= 4 is 29.1 Å². The maximum atomic E-state index is 12.9. The Morgan fingerprint density at radius 2 is 1.96 bits per heavy atom. The smallest absolute Gasteiger partial charge is 0.270 e. The van der Waals surface area contributed by atoms with Crippen LogP contribution < -0.4 is 5.32 Å². The minimum atomic E-state index is -0.706. The molecule has 28 heavy (non-hydrogen) atoms. The molecule has 9 heteroatoms. The summed E-state index contributed by atoms with van der Waals surface area (Å²) < 4.78 is 0. The molecule has 1 N–H and O–H groups in total. The van der Waals surface area contributed by atoms with E-state index in [4.69, 9.17) is 11.6 Å². The van der Waals surface area contributed by atoms with Crippen LogP contribution >= 0.6 is 11.6 Å². The third kappa shape index (κ3) is 5.65. The second-order valence-corrected chi connectivity index (χ2v) is 7.83. The lowest BCUT2D eigenvalue weighted by atomic mass is 10.0. The van der Waals surface area contributed by atoms with Gasteiger partial charge in [0.05, 0.1) is 15.5 Å². The highest BCUT2D eigenvalue weighted by molar-refractivity contribution is 6.34. The molecule has 1 fully saturated rings. The molecule has 1 aromatic carbocycles. The fraction of sp³-hybridized carbons (Fsp3) is 0.579. The molecule has 0 bridgehead atoms. The van der Waals surface area contributed by atoms with Crippen molar-refractivity contribution in [2.75, 3.05) is 33.2 Å². The molecule has 8 nitrogen and oxygen atoms in total. The van der Waals surface area contributed by atoms with Gasteiger partial charge in [0.25, 0.3) is 11.6 Å². The highest BCUT2D eigenvalue weighted by Gasteiger charge is 2.28. The number of halogens is 1. The number of nitrogens with one attached hydrogen (secondary N) is 1. The van der Waals surface area contributed by atoms with E-state index in [2.05, 4.69) is 10.2 Å². The second kappa shape index (κ2) is 9.84. The van der Waals surface area contributed by atoms with Crippen LogP contribution in [0.3, 0.4) is 0 Å². The summed E-state index contributed by atoms with van der Waals surface area (Å²) >= 11 is 6.03. The van der Waals surface area contributed by atoms with Crippen LogP contribution in [-0.2, 0) is 4.79 Å². The predicted molar refractivity (Wildman–Crippen MR) is 108 cm³/mol. The molecule has 1 aliphatic rings. The third-order valence-corrected chi connectivity index (χ3v) is 5.27. The number of nitro groups is 1. The minimum absolute atomic E-state index is 0.0240. The van der Waals surface area contributed by atoms with Crippen molar-refractivity contribution in [3.63, 3.8) is 0 Å². The van der Waals surface area contributed by atoms with Gasteiger partial charge in [-0.1, -0.05) is 25.4 Å². The van der Waals surface area contributed by atoms with Crippen LogP contribution in [0.15, 0.2) is 18.2 Å². The number of carbonyl (C=O) groups is 2. The average molecular weight is 411 g/mol. The summed E-state index contributed by atoms with van der Waals surface area (Å²) in [5, 5.41) is 13.5. The Kier molecular flexibility index (Phi) is 7.77. The molecule has 0 aromatic heterocycles. The Morgan fingerprint density at radius 3 is 2.50 bits per heavy atom. The zero-order chi connectivity index (χ0) is 20.8. The lowest BCUT2D eigenvalue weighted by Crippen LogP contribution is -2.51. The van der Waals surface area contributed by atoms with Gasteiger partial charge in [0.2, 0.25) is 5.91 Å². The van der Waals surface area contributed by atoms with Gasteiger partial charge in [-0.25, -0.2) is 0 Å². The van der Waals surface area contributed by atoms with E-state index in [1.54, 1.807) is 11.9 Å². The van der Waals surface area contributed by atoms with Crippen LogP contribution in [0.25, 0.3) is 0 Å². The molecule has 0 saturated carbocycles. The summed E-state index contributed by atoms with van der Waals surface area (Å²) in [5.74, 6) is -0.817. The highest BCUT2D eigenvalue weighted by atomic mass is 35.5. The lowest BCUT2D eigenvalue weighted by Gasteiger charge is -2.28. The van der Waals surface area contributed by atoms with E-state index in [1.165, 1.54) is 25.0 Å². The first-order chi connectivity index (χ1) is 13.2. The van der Waals surface area contributed by atoms with Gasteiger partial charge in [-0.05, 0) is 37.9 Å². The number of hydrogen-bond acceptors (Lipinski definition) is 5. The van der Waals surface area contributed by atoms with Gasteiger partial charge < -0.3 is 15.1 Å². The molecule has 2 rings (SSSR count). The molecule has 1 aliphatic heterocycles. The number of carbonyl (C=O) groups excluding carboxylic acids is 2. The van der Waals surface area contributed by atoms with E-state index in [0.29, 0.717) is 6.54 Å². The fourth-order valence-electron chi connectivity index (χ4n) is 3.18. The lowest BCUT2D eigenvalue weighted by molar-refractivity contribution is -0.384. The number of likely N-dealkylation sites (N-methyl/N-ethyl adjacent to an activating group) is 1. The van der Waals surface area contributed by atoms with E-state index in [0.717, 1.165) is 25.7 Å². The second-order valence-electron chi connectivity index (χ2n) is 7.42. The number of hydrogen-bond donors (Lipinski definition) is 1. The molecule has 0 aliphatic carbocycles. The number of nitrogens with zero attached hydrogens (tertiary/aromatic N) is 3. The number of nitro benzene ring substituents is 1. The van der Waals surface area contributed by atoms with Crippen molar-refractivity contribution in [1.29, 1.82) is 0 Å². The van der Waals surface area contributed by atoms with Crippen molar-refractivity contribution in [3.05, 3.63) is 38.9 Å². The first-order valence-electron chi connectivity index (χ1n) is 9.43. The Hall–Kier alpha value is -2.19. The topological polar surface area (TPSA) is 95.8 Å². The Morgan fingerprint density at radius 1 is 1.32 bits per heavy atom. The van der Waals surface area contributed by atoms with Crippen molar-refractivity contribution in [3.8, 4) is 0 Å². The van der Waals surface area contributed by atoms with Crippen LogP contribution in [0.2, 0.25) is 5.02 Å². The number of rotatable bonds is 8. The Labute approximate surface area is 170 Å². The first-order valence-corrected chi connectivity index (χ1v) is 9.80. The van der Waals surface area contributed by atoms with Gasteiger partial charge in [-0.2, -0.15) is 0 Å². The summed E-state index contributed by atoms with van der Waals surface area (Å²) in [7, 11) is 1.73. The van der Waals surface area contributed by atoms with E-state index in [1.807, 2.05) is 13.8 Å². The highest BCUT2D eigenvalue weighted by Crippen LogP contribution is 2.23. The molecule has 0 spiro atoms. The van der Waals surface area contributed by atoms with Crippen LogP contribution in [0.1, 0.15) is 37.0 Å². The summed E-state index contributed by atoms with van der Waals surface area (Å²) in [6.45, 7) is 7.24. The van der Waals surface area contributed by atoms with Gasteiger partial charge in [-0.3, -0.25) is 19.7 Å². The van der Waals surface area contributed by atoms with Gasteiger partial charge >= 0.3 is 0 Å². The van der Waals surface area contributed by atoms with Crippen LogP contribution in [0.5, 0.6) is 0 Å². The van der Waals surface area contributed by atoms with Crippen molar-refractivity contribution in [2.24, 2.45) is 5.92 Å². The zero-order valence-electron chi connectivity index (χ0n) is 16.5. The summed E-state index contributed by atoms with van der Waals surface area (Å²) in [4.78, 5) is 39.7. The van der Waals surface area contributed by atoms with Crippen molar-refractivity contribution in [2.45, 2.75) is 32.7 Å².